The van der Waals surface area contributed by atoms with Crippen molar-refractivity contribution in [1.29, 1.82) is 0 Å². The van der Waals surface area contributed by atoms with Gasteiger partial charge in [-0.3, -0.25) is 4.79 Å². The number of aromatic hydroxyl groups is 1. The van der Waals surface area contributed by atoms with Gasteiger partial charge < -0.3 is 9.84 Å². The Morgan fingerprint density at radius 1 is 1.29 bits per heavy atom. The minimum Gasteiger partial charge on any atom is -0.508 e. The fourth-order valence-corrected chi connectivity index (χ4v) is 2.67. The fraction of sp³-hybridized carbons (Fsp3) is 0.118. The first-order chi connectivity index (χ1) is 10.0. The highest BCUT2D eigenvalue weighted by atomic mass is 79.9. The number of allylic oxidation sites excluding steroid dienone is 1. The first kappa shape index (κ1) is 15.3. The molecule has 0 saturated carbocycles. The molecule has 0 radical (unpaired) electrons. The van der Waals surface area contributed by atoms with E-state index in [1.807, 2.05) is 19.1 Å². The average Bonchev–Trinajstić information content (AvgIpc) is 2.44. The van der Waals surface area contributed by atoms with Gasteiger partial charge in [-0.25, -0.2) is 0 Å². The number of phenolic OH excluding ortho intramolecular Hbond substituents is 1. The van der Waals surface area contributed by atoms with Crippen molar-refractivity contribution in [3.8, 4) is 11.5 Å². The van der Waals surface area contributed by atoms with Crippen molar-refractivity contribution in [2.24, 2.45) is 0 Å². The predicted molar refractivity (Wildman–Crippen MR) is 86.9 cm³/mol. The Hall–Kier alpha value is -2.07. The summed E-state index contributed by atoms with van der Waals surface area (Å²) in [6, 6.07) is 10.1. The maximum Gasteiger partial charge on any atom is 0.185 e. The third-order valence-electron chi connectivity index (χ3n) is 3.02. The molecule has 0 bridgehead atoms. The molecular weight excluding hydrogens is 332 g/mol. The molecule has 108 valence electrons. The van der Waals surface area contributed by atoms with E-state index in [1.54, 1.807) is 25.3 Å². The van der Waals surface area contributed by atoms with Crippen LogP contribution < -0.4 is 4.74 Å². The first-order valence-electron chi connectivity index (χ1n) is 6.37. The minimum atomic E-state index is -0.175. The molecule has 0 saturated heterocycles. The van der Waals surface area contributed by atoms with Gasteiger partial charge in [-0.2, -0.15) is 0 Å². The van der Waals surface area contributed by atoms with Crippen LogP contribution in [0, 0.1) is 6.92 Å². The molecule has 0 aliphatic heterocycles. The maximum atomic E-state index is 12.1. The normalized spacial score (nSPS) is 10.8. The summed E-state index contributed by atoms with van der Waals surface area (Å²) in [6.07, 6.45) is 3.18. The number of aryl methyl sites for hydroxylation is 1. The van der Waals surface area contributed by atoms with Gasteiger partial charge in [0, 0.05) is 15.6 Å². The summed E-state index contributed by atoms with van der Waals surface area (Å²) in [5, 5.41) is 9.40. The number of hydrogen-bond acceptors (Lipinski definition) is 3. The van der Waals surface area contributed by atoms with Crippen molar-refractivity contribution < 1.29 is 14.6 Å². The molecule has 0 heterocycles. The molecule has 3 nitrogen and oxygen atoms in total. The topological polar surface area (TPSA) is 46.5 Å². The third kappa shape index (κ3) is 3.73. The summed E-state index contributed by atoms with van der Waals surface area (Å²) in [4.78, 5) is 12.1. The monoisotopic (exact) mass is 346 g/mol. The number of hydrogen-bond donors (Lipinski definition) is 1. The van der Waals surface area contributed by atoms with Crippen LogP contribution in [0.15, 0.2) is 46.9 Å². The first-order valence-corrected chi connectivity index (χ1v) is 7.16. The molecule has 21 heavy (non-hydrogen) atoms. The second-order valence-corrected chi connectivity index (χ2v) is 5.51. The van der Waals surface area contributed by atoms with E-state index in [0.29, 0.717) is 5.56 Å². The van der Waals surface area contributed by atoms with E-state index in [0.717, 1.165) is 21.3 Å². The molecule has 1 N–H and O–H groups in total. The maximum absolute atomic E-state index is 12.1. The zero-order valence-corrected chi connectivity index (χ0v) is 13.3. The lowest BCUT2D eigenvalue weighted by Crippen LogP contribution is -1.95. The second-order valence-electron chi connectivity index (χ2n) is 4.59. The Morgan fingerprint density at radius 2 is 2.05 bits per heavy atom. The van der Waals surface area contributed by atoms with Crippen LogP contribution in [0.25, 0.3) is 6.08 Å². The van der Waals surface area contributed by atoms with Gasteiger partial charge in [0.25, 0.3) is 0 Å². The summed E-state index contributed by atoms with van der Waals surface area (Å²) in [7, 11) is 1.60. The quantitative estimate of drug-likeness (QED) is 0.660. The number of halogens is 1. The van der Waals surface area contributed by atoms with Crippen molar-refractivity contribution in [1.82, 2.24) is 0 Å². The summed E-state index contributed by atoms with van der Waals surface area (Å²) in [6.45, 7) is 1.94. The SMILES string of the molecule is COc1c(C)cc(Br)cc1/C=C/C(=O)c1cccc(O)c1. The van der Waals surface area contributed by atoms with Crippen LogP contribution in [-0.4, -0.2) is 18.0 Å². The van der Waals surface area contributed by atoms with Gasteiger partial charge in [-0.15, -0.1) is 0 Å². The van der Waals surface area contributed by atoms with Crippen LogP contribution in [-0.2, 0) is 0 Å². The van der Waals surface area contributed by atoms with Crippen LogP contribution >= 0.6 is 15.9 Å². The van der Waals surface area contributed by atoms with Gasteiger partial charge >= 0.3 is 0 Å². The Morgan fingerprint density at radius 3 is 2.71 bits per heavy atom. The lowest BCUT2D eigenvalue weighted by Gasteiger charge is -2.09. The molecule has 0 amide bonds. The van der Waals surface area contributed by atoms with E-state index in [2.05, 4.69) is 15.9 Å². The Balaban J connectivity index is 2.31. The highest BCUT2D eigenvalue weighted by Gasteiger charge is 2.07. The van der Waals surface area contributed by atoms with Crippen molar-refractivity contribution in [3.63, 3.8) is 0 Å². The van der Waals surface area contributed by atoms with E-state index in [1.165, 1.54) is 18.2 Å². The van der Waals surface area contributed by atoms with E-state index < -0.39 is 0 Å². The molecule has 0 aromatic heterocycles. The van der Waals surface area contributed by atoms with E-state index >= 15 is 0 Å². The molecular formula is C17H15BrO3. The Labute approximate surface area is 132 Å². The standard InChI is InChI=1S/C17H15BrO3/c1-11-8-14(18)9-13(17(11)21-2)6-7-16(20)12-4-3-5-15(19)10-12/h3-10,19H,1-2H3/b7-6+. The molecule has 0 spiro atoms. The van der Waals surface area contributed by atoms with Crippen molar-refractivity contribution in [2.75, 3.05) is 7.11 Å². The molecule has 0 aliphatic carbocycles. The molecule has 0 atom stereocenters. The molecule has 0 fully saturated rings. The van der Waals surface area contributed by atoms with Gasteiger partial charge in [0.2, 0.25) is 0 Å². The van der Waals surface area contributed by atoms with Crippen molar-refractivity contribution in [3.05, 3.63) is 63.6 Å². The second kappa shape index (κ2) is 6.59. The van der Waals surface area contributed by atoms with Crippen LogP contribution in [0.5, 0.6) is 11.5 Å². The third-order valence-corrected chi connectivity index (χ3v) is 3.48. The van der Waals surface area contributed by atoms with Crippen molar-refractivity contribution >= 4 is 27.8 Å². The number of methoxy groups -OCH3 is 1. The van der Waals surface area contributed by atoms with Gasteiger partial charge in [0.05, 0.1) is 7.11 Å². The highest BCUT2D eigenvalue weighted by molar-refractivity contribution is 9.10. The minimum absolute atomic E-state index is 0.0742. The highest BCUT2D eigenvalue weighted by Crippen LogP contribution is 2.29. The summed E-state index contributed by atoms with van der Waals surface area (Å²) in [5.41, 5.74) is 2.24. The largest absolute Gasteiger partial charge is 0.508 e. The number of carbonyl (C=O) groups excluding carboxylic acids is 1. The number of ether oxygens (including phenoxy) is 1. The smallest absolute Gasteiger partial charge is 0.185 e. The lowest BCUT2D eigenvalue weighted by molar-refractivity contribution is 0.104. The zero-order valence-electron chi connectivity index (χ0n) is 11.8. The fourth-order valence-electron chi connectivity index (χ4n) is 2.08. The summed E-state index contributed by atoms with van der Waals surface area (Å²) >= 11 is 3.43. The lowest BCUT2D eigenvalue weighted by atomic mass is 10.1. The van der Waals surface area contributed by atoms with Gasteiger partial charge in [-0.05, 0) is 48.9 Å². The van der Waals surface area contributed by atoms with Crippen LogP contribution in [0.1, 0.15) is 21.5 Å². The van der Waals surface area contributed by atoms with Crippen LogP contribution in [0.4, 0.5) is 0 Å². The number of rotatable bonds is 4. The van der Waals surface area contributed by atoms with Crippen molar-refractivity contribution in [2.45, 2.75) is 6.92 Å². The molecule has 4 heteroatoms. The van der Waals surface area contributed by atoms with Crippen LogP contribution in [0.2, 0.25) is 0 Å². The number of carbonyl (C=O) groups is 1. The van der Waals surface area contributed by atoms with Gasteiger partial charge in [0.15, 0.2) is 5.78 Å². The molecule has 2 rings (SSSR count). The number of ketones is 1. The van der Waals surface area contributed by atoms with Gasteiger partial charge in [-0.1, -0.05) is 28.1 Å². The van der Waals surface area contributed by atoms with E-state index in [-0.39, 0.29) is 11.5 Å². The van der Waals surface area contributed by atoms with E-state index in [9.17, 15) is 9.90 Å². The predicted octanol–water partition coefficient (Wildman–Crippen LogP) is 4.37. The summed E-state index contributed by atoms with van der Waals surface area (Å²) < 4.78 is 6.29. The van der Waals surface area contributed by atoms with Crippen LogP contribution in [0.3, 0.4) is 0 Å². The summed E-state index contributed by atoms with van der Waals surface area (Å²) in [5.74, 6) is 0.633. The number of phenols is 1. The Bertz CT molecular complexity index is 705. The van der Waals surface area contributed by atoms with E-state index in [4.69, 9.17) is 4.74 Å². The molecule has 0 unspecified atom stereocenters. The molecule has 0 aliphatic rings. The Kier molecular flexibility index (Phi) is 4.81. The number of benzene rings is 2. The molecule has 2 aromatic carbocycles. The average molecular weight is 347 g/mol. The zero-order chi connectivity index (χ0) is 15.4. The molecule has 2 aromatic rings. The van der Waals surface area contributed by atoms with Gasteiger partial charge in [0.1, 0.15) is 11.5 Å².